The van der Waals surface area contributed by atoms with E-state index in [9.17, 15) is 34.8 Å². The summed E-state index contributed by atoms with van der Waals surface area (Å²) in [5.41, 5.74) is -0.204. The van der Waals surface area contributed by atoms with Crippen molar-refractivity contribution in [1.82, 2.24) is 9.62 Å². The summed E-state index contributed by atoms with van der Waals surface area (Å²) in [7, 11) is -8.67. The molecule has 0 unspecified atom stereocenters. The molecule has 1 amide bonds. The Labute approximate surface area is 175 Å². The normalized spacial score (nSPS) is 15.9. The van der Waals surface area contributed by atoms with Crippen LogP contribution in [-0.2, 0) is 24.8 Å². The van der Waals surface area contributed by atoms with Gasteiger partial charge in [-0.15, -0.1) is 13.2 Å². The lowest BCUT2D eigenvalue weighted by Gasteiger charge is -2.26. The van der Waals surface area contributed by atoms with E-state index in [-0.39, 0.29) is 30.2 Å². The SMILES string of the molecule is O=C1CN(S(=O)(=O)c2cccc(NS(=O)(=O)c3ccccc3OC(F)(F)F)c2)CCN1. The minimum Gasteiger partial charge on any atom is -0.404 e. The minimum atomic E-state index is -5.11. The van der Waals surface area contributed by atoms with Gasteiger partial charge in [0.05, 0.1) is 17.1 Å². The number of anilines is 1. The number of alkyl halides is 3. The monoisotopic (exact) mass is 479 g/mol. The number of carbonyl (C=O) groups is 1. The Morgan fingerprint density at radius 3 is 2.42 bits per heavy atom. The van der Waals surface area contributed by atoms with Gasteiger partial charge in [-0.05, 0) is 30.3 Å². The summed E-state index contributed by atoms with van der Waals surface area (Å²) in [6, 6.07) is 8.83. The lowest BCUT2D eigenvalue weighted by atomic mass is 10.3. The third-order valence-electron chi connectivity index (χ3n) is 4.09. The zero-order chi connectivity index (χ0) is 22.9. The van der Waals surface area contributed by atoms with Crippen LogP contribution in [0.1, 0.15) is 0 Å². The first-order valence-electron chi connectivity index (χ1n) is 8.63. The summed E-state index contributed by atoms with van der Waals surface area (Å²) in [5.74, 6) is -1.42. The first-order chi connectivity index (χ1) is 14.4. The van der Waals surface area contributed by atoms with Gasteiger partial charge in [-0.3, -0.25) is 9.52 Å². The maximum Gasteiger partial charge on any atom is 0.573 e. The van der Waals surface area contributed by atoms with E-state index >= 15 is 0 Å². The standard InChI is InChI=1S/C17H16F3N3O6S2/c18-17(19,20)29-14-6-1-2-7-15(14)30(25,26)22-12-4-3-5-13(10-12)31(27,28)23-9-8-21-16(24)11-23/h1-7,10,22H,8-9,11H2,(H,21,24). The van der Waals surface area contributed by atoms with Crippen LogP contribution >= 0.6 is 0 Å². The number of benzene rings is 2. The molecule has 0 aromatic heterocycles. The Balaban J connectivity index is 1.90. The highest BCUT2D eigenvalue weighted by molar-refractivity contribution is 7.92. The van der Waals surface area contributed by atoms with Crippen LogP contribution in [0.3, 0.4) is 0 Å². The van der Waals surface area contributed by atoms with Crippen molar-refractivity contribution in [1.29, 1.82) is 0 Å². The van der Waals surface area contributed by atoms with Crippen LogP contribution in [0, 0.1) is 0 Å². The van der Waals surface area contributed by atoms with Gasteiger partial charge < -0.3 is 10.1 Å². The van der Waals surface area contributed by atoms with Gasteiger partial charge in [-0.25, -0.2) is 16.8 Å². The van der Waals surface area contributed by atoms with Crippen molar-refractivity contribution in [2.75, 3.05) is 24.4 Å². The molecule has 9 nitrogen and oxygen atoms in total. The van der Waals surface area contributed by atoms with Crippen LogP contribution in [0.2, 0.25) is 0 Å². The molecule has 1 aliphatic heterocycles. The van der Waals surface area contributed by atoms with Crippen molar-refractivity contribution < 1.29 is 39.5 Å². The summed E-state index contributed by atoms with van der Waals surface area (Å²) < 4.78 is 95.3. The number of nitrogens with zero attached hydrogens (tertiary/aromatic N) is 1. The van der Waals surface area contributed by atoms with E-state index in [0.29, 0.717) is 0 Å². The average molecular weight is 479 g/mol. The van der Waals surface area contributed by atoms with Gasteiger partial charge in [0.2, 0.25) is 15.9 Å². The predicted molar refractivity (Wildman–Crippen MR) is 102 cm³/mol. The number of hydrogen-bond donors (Lipinski definition) is 2. The molecule has 0 bridgehead atoms. The van der Waals surface area contributed by atoms with Crippen LogP contribution in [0.25, 0.3) is 0 Å². The minimum absolute atomic E-state index is 0.0339. The maximum atomic E-state index is 12.8. The van der Waals surface area contributed by atoms with E-state index in [2.05, 4.69) is 10.1 Å². The van der Waals surface area contributed by atoms with Gasteiger partial charge in [0.1, 0.15) is 10.6 Å². The first kappa shape index (κ1) is 22.8. The van der Waals surface area contributed by atoms with Crippen molar-refractivity contribution in [3.05, 3.63) is 48.5 Å². The van der Waals surface area contributed by atoms with E-state index in [4.69, 9.17) is 0 Å². The van der Waals surface area contributed by atoms with E-state index in [1.54, 1.807) is 0 Å². The molecule has 1 aliphatic rings. The molecule has 0 radical (unpaired) electrons. The molecule has 2 N–H and O–H groups in total. The number of para-hydroxylation sites is 1. The quantitative estimate of drug-likeness (QED) is 0.648. The largest absolute Gasteiger partial charge is 0.573 e. The summed E-state index contributed by atoms with van der Waals surface area (Å²) in [6.07, 6.45) is -5.11. The fraction of sp³-hybridized carbons (Fsp3) is 0.235. The molecule has 3 rings (SSSR count). The number of hydrogen-bond acceptors (Lipinski definition) is 6. The first-order valence-corrected chi connectivity index (χ1v) is 11.6. The van der Waals surface area contributed by atoms with Gasteiger partial charge in [0, 0.05) is 13.1 Å². The lowest BCUT2D eigenvalue weighted by molar-refractivity contribution is -0.275. The zero-order valence-electron chi connectivity index (χ0n) is 15.6. The zero-order valence-corrected chi connectivity index (χ0v) is 17.2. The number of halogens is 3. The van der Waals surface area contributed by atoms with Crippen LogP contribution in [0.15, 0.2) is 58.3 Å². The number of carbonyl (C=O) groups excluding carboxylic acids is 1. The summed E-state index contributed by atoms with van der Waals surface area (Å²) >= 11 is 0. The van der Waals surface area contributed by atoms with Crippen LogP contribution in [0.4, 0.5) is 18.9 Å². The van der Waals surface area contributed by atoms with E-state index in [0.717, 1.165) is 22.5 Å². The lowest BCUT2D eigenvalue weighted by Crippen LogP contribution is -2.49. The number of nitrogens with one attached hydrogen (secondary N) is 2. The third-order valence-corrected chi connectivity index (χ3v) is 7.35. The van der Waals surface area contributed by atoms with E-state index < -0.39 is 43.0 Å². The molecule has 31 heavy (non-hydrogen) atoms. The molecule has 0 aliphatic carbocycles. The van der Waals surface area contributed by atoms with E-state index in [1.807, 2.05) is 4.72 Å². The molecule has 14 heteroatoms. The molecular formula is C17H16F3N3O6S2. The van der Waals surface area contributed by atoms with Crippen molar-refractivity contribution in [2.24, 2.45) is 0 Å². The van der Waals surface area contributed by atoms with Gasteiger partial charge in [0.15, 0.2) is 0 Å². The van der Waals surface area contributed by atoms with Gasteiger partial charge in [-0.1, -0.05) is 18.2 Å². The predicted octanol–water partition coefficient (Wildman–Crippen LogP) is 1.51. The smallest absolute Gasteiger partial charge is 0.404 e. The maximum absolute atomic E-state index is 12.8. The molecule has 0 saturated carbocycles. The topological polar surface area (TPSA) is 122 Å². The van der Waals surface area contributed by atoms with Crippen LogP contribution in [-0.4, -0.2) is 53.0 Å². The number of sulfonamides is 2. The highest BCUT2D eigenvalue weighted by Crippen LogP contribution is 2.31. The number of ether oxygens (including phenoxy) is 1. The molecule has 1 fully saturated rings. The molecular weight excluding hydrogens is 463 g/mol. The molecule has 0 atom stereocenters. The molecule has 0 spiro atoms. The van der Waals surface area contributed by atoms with Crippen molar-refractivity contribution in [3.63, 3.8) is 0 Å². The fourth-order valence-corrected chi connectivity index (χ4v) is 5.40. The summed E-state index contributed by atoms with van der Waals surface area (Å²) in [4.78, 5) is 10.4. The van der Waals surface area contributed by atoms with Gasteiger partial charge >= 0.3 is 6.36 Å². The highest BCUT2D eigenvalue weighted by atomic mass is 32.2. The Bertz CT molecular complexity index is 1200. The van der Waals surface area contributed by atoms with Crippen LogP contribution in [0.5, 0.6) is 5.75 Å². The Kier molecular flexibility index (Phi) is 6.16. The highest BCUT2D eigenvalue weighted by Gasteiger charge is 2.34. The second kappa shape index (κ2) is 8.36. The van der Waals surface area contributed by atoms with Crippen molar-refractivity contribution in [2.45, 2.75) is 16.2 Å². The van der Waals surface area contributed by atoms with Crippen molar-refractivity contribution >= 4 is 31.6 Å². The second-order valence-electron chi connectivity index (χ2n) is 6.32. The molecule has 1 saturated heterocycles. The number of amides is 1. The summed E-state index contributed by atoms with van der Waals surface area (Å²) in [6.45, 7) is -0.229. The molecule has 2 aromatic carbocycles. The second-order valence-corrected chi connectivity index (χ2v) is 9.91. The molecule has 2 aromatic rings. The fourth-order valence-electron chi connectivity index (χ4n) is 2.78. The van der Waals surface area contributed by atoms with Gasteiger partial charge in [0.25, 0.3) is 10.0 Å². The Morgan fingerprint density at radius 1 is 1.03 bits per heavy atom. The average Bonchev–Trinajstić information content (AvgIpc) is 2.67. The molecule has 168 valence electrons. The Hall–Kier alpha value is -2.84. The van der Waals surface area contributed by atoms with Crippen molar-refractivity contribution in [3.8, 4) is 5.75 Å². The Morgan fingerprint density at radius 2 is 1.74 bits per heavy atom. The summed E-state index contributed by atoms with van der Waals surface area (Å²) in [5, 5.41) is 2.49. The van der Waals surface area contributed by atoms with Gasteiger partial charge in [-0.2, -0.15) is 4.31 Å². The molecule has 1 heterocycles. The third kappa shape index (κ3) is 5.45. The van der Waals surface area contributed by atoms with E-state index in [1.165, 1.54) is 30.3 Å². The van der Waals surface area contributed by atoms with Crippen LogP contribution < -0.4 is 14.8 Å². The number of piperazine rings is 1. The number of rotatable bonds is 6.